The van der Waals surface area contributed by atoms with Crippen molar-refractivity contribution in [2.75, 3.05) is 7.11 Å². The van der Waals surface area contributed by atoms with Gasteiger partial charge in [-0.15, -0.1) is 0 Å². The fraction of sp³-hybridized carbons (Fsp3) is 0.667. The van der Waals surface area contributed by atoms with E-state index in [0.29, 0.717) is 0 Å². The second kappa shape index (κ2) is 5.21. The summed E-state index contributed by atoms with van der Waals surface area (Å²) in [5.74, 6) is -0.245. The Hall–Kier alpha value is 0.210. The SMILES string of the molecule is COC(C)=O.[Ag]. The van der Waals surface area contributed by atoms with Crippen LogP contribution in [0.3, 0.4) is 0 Å². The minimum absolute atomic E-state index is 0. The van der Waals surface area contributed by atoms with Crippen molar-refractivity contribution in [2.24, 2.45) is 0 Å². The molecule has 3 heteroatoms. The molecule has 0 amide bonds. The van der Waals surface area contributed by atoms with Gasteiger partial charge >= 0.3 is 5.97 Å². The first-order valence-corrected chi connectivity index (χ1v) is 1.32. The molecule has 0 saturated heterocycles. The van der Waals surface area contributed by atoms with E-state index in [1.807, 2.05) is 0 Å². The van der Waals surface area contributed by atoms with E-state index in [2.05, 4.69) is 4.74 Å². The van der Waals surface area contributed by atoms with Crippen molar-refractivity contribution < 1.29 is 31.9 Å². The molecular weight excluding hydrogens is 176 g/mol. The van der Waals surface area contributed by atoms with Gasteiger partial charge in [0.05, 0.1) is 7.11 Å². The van der Waals surface area contributed by atoms with Crippen LogP contribution < -0.4 is 0 Å². The van der Waals surface area contributed by atoms with E-state index in [4.69, 9.17) is 0 Å². The first-order valence-electron chi connectivity index (χ1n) is 1.32. The Labute approximate surface area is 52.4 Å². The van der Waals surface area contributed by atoms with Gasteiger partial charge in [-0.05, 0) is 0 Å². The Kier molecular flexibility index (Phi) is 8.26. The zero-order valence-corrected chi connectivity index (χ0v) is 5.10. The minimum Gasteiger partial charge on any atom is -0.469 e. The Morgan fingerprint density at radius 2 is 1.83 bits per heavy atom. The number of methoxy groups -OCH3 is 1. The third-order valence-electron chi connectivity index (χ3n) is 0.287. The molecule has 0 rings (SSSR count). The number of hydrogen-bond acceptors (Lipinski definition) is 2. The smallest absolute Gasteiger partial charge is 0.302 e. The quantitative estimate of drug-likeness (QED) is 0.394. The van der Waals surface area contributed by atoms with Crippen molar-refractivity contribution in [3.8, 4) is 0 Å². The van der Waals surface area contributed by atoms with Crippen molar-refractivity contribution in [1.82, 2.24) is 0 Å². The van der Waals surface area contributed by atoms with Gasteiger partial charge in [-0.2, -0.15) is 0 Å². The van der Waals surface area contributed by atoms with E-state index in [0.717, 1.165) is 0 Å². The molecule has 6 heavy (non-hydrogen) atoms. The van der Waals surface area contributed by atoms with Gasteiger partial charge < -0.3 is 4.74 Å². The van der Waals surface area contributed by atoms with Crippen LogP contribution >= 0.6 is 0 Å². The summed E-state index contributed by atoms with van der Waals surface area (Å²) in [5.41, 5.74) is 0. The molecule has 0 bridgehead atoms. The molecule has 0 aromatic rings. The van der Waals surface area contributed by atoms with Crippen molar-refractivity contribution in [1.29, 1.82) is 0 Å². The fourth-order valence-corrected chi connectivity index (χ4v) is 0. The fourth-order valence-electron chi connectivity index (χ4n) is 0. The van der Waals surface area contributed by atoms with Gasteiger partial charge in [0.25, 0.3) is 0 Å². The Morgan fingerprint density at radius 1 is 1.67 bits per heavy atom. The summed E-state index contributed by atoms with van der Waals surface area (Å²) in [7, 11) is 1.35. The van der Waals surface area contributed by atoms with Crippen LogP contribution in [0.15, 0.2) is 0 Å². The second-order valence-electron chi connectivity index (χ2n) is 0.696. The molecule has 41 valence electrons. The normalized spacial score (nSPS) is 5.67. The van der Waals surface area contributed by atoms with Gasteiger partial charge in [0.1, 0.15) is 0 Å². The van der Waals surface area contributed by atoms with E-state index in [1.54, 1.807) is 0 Å². The van der Waals surface area contributed by atoms with Gasteiger partial charge in [-0.1, -0.05) is 0 Å². The Balaban J connectivity index is 0. The molecule has 0 aromatic carbocycles. The van der Waals surface area contributed by atoms with E-state index in [1.165, 1.54) is 14.0 Å². The second-order valence-corrected chi connectivity index (χ2v) is 0.696. The summed E-state index contributed by atoms with van der Waals surface area (Å²) in [6, 6.07) is 0. The average molecular weight is 182 g/mol. The maximum atomic E-state index is 9.59. The first kappa shape index (κ1) is 9.51. The molecule has 0 fully saturated rings. The maximum Gasteiger partial charge on any atom is 0.302 e. The zero-order chi connectivity index (χ0) is 4.28. The topological polar surface area (TPSA) is 26.3 Å². The zero-order valence-electron chi connectivity index (χ0n) is 3.62. The minimum atomic E-state index is -0.245. The summed E-state index contributed by atoms with van der Waals surface area (Å²) in [5, 5.41) is 0. The molecule has 0 atom stereocenters. The number of ether oxygens (including phenoxy) is 1. The summed E-state index contributed by atoms with van der Waals surface area (Å²) in [6.45, 7) is 1.36. The van der Waals surface area contributed by atoms with Crippen LogP contribution in [0.1, 0.15) is 6.92 Å². The van der Waals surface area contributed by atoms with Gasteiger partial charge in [-0.3, -0.25) is 4.79 Å². The van der Waals surface area contributed by atoms with Crippen molar-refractivity contribution in [3.05, 3.63) is 0 Å². The molecule has 0 N–H and O–H groups in total. The molecule has 0 aliphatic carbocycles. The molecule has 0 spiro atoms. The standard InChI is InChI=1S/C3H6O2.Ag/c1-3(4)5-2;/h1-2H3;. The van der Waals surface area contributed by atoms with E-state index in [9.17, 15) is 4.79 Å². The molecular formula is C3H6AgO2. The summed E-state index contributed by atoms with van der Waals surface area (Å²) in [6.07, 6.45) is 0. The van der Waals surface area contributed by atoms with Crippen LogP contribution in [0.4, 0.5) is 0 Å². The third kappa shape index (κ3) is 8.88. The van der Waals surface area contributed by atoms with Crippen LogP contribution in [0.25, 0.3) is 0 Å². The molecule has 1 radical (unpaired) electrons. The van der Waals surface area contributed by atoms with Gasteiger partial charge in [-0.25, -0.2) is 0 Å². The Bertz CT molecular complexity index is 44.1. The number of carbonyl (C=O) groups excluding carboxylic acids is 1. The Morgan fingerprint density at radius 3 is 1.83 bits per heavy atom. The summed E-state index contributed by atoms with van der Waals surface area (Å²) < 4.78 is 4.11. The van der Waals surface area contributed by atoms with Crippen molar-refractivity contribution >= 4 is 5.97 Å². The van der Waals surface area contributed by atoms with Crippen LogP contribution in [-0.2, 0) is 31.9 Å². The van der Waals surface area contributed by atoms with Gasteiger partial charge in [0, 0.05) is 29.3 Å². The molecule has 0 heterocycles. The van der Waals surface area contributed by atoms with Gasteiger partial charge in [0.15, 0.2) is 0 Å². The number of carbonyl (C=O) groups is 1. The first-order chi connectivity index (χ1) is 2.27. The number of esters is 1. The van der Waals surface area contributed by atoms with E-state index >= 15 is 0 Å². The summed E-state index contributed by atoms with van der Waals surface area (Å²) in [4.78, 5) is 9.59. The average Bonchev–Trinajstić information content (AvgIpc) is 1.38. The third-order valence-corrected chi connectivity index (χ3v) is 0.287. The van der Waals surface area contributed by atoms with Crippen LogP contribution in [0.2, 0.25) is 0 Å². The number of rotatable bonds is 0. The molecule has 0 saturated carbocycles. The molecule has 0 aliphatic rings. The van der Waals surface area contributed by atoms with Crippen LogP contribution in [0, 0.1) is 0 Å². The monoisotopic (exact) mass is 181 g/mol. The molecule has 2 nitrogen and oxygen atoms in total. The van der Waals surface area contributed by atoms with Crippen molar-refractivity contribution in [2.45, 2.75) is 6.92 Å². The van der Waals surface area contributed by atoms with Gasteiger partial charge in [0.2, 0.25) is 0 Å². The van der Waals surface area contributed by atoms with Crippen LogP contribution in [-0.4, -0.2) is 13.1 Å². The van der Waals surface area contributed by atoms with E-state index < -0.39 is 0 Å². The van der Waals surface area contributed by atoms with Crippen LogP contribution in [0.5, 0.6) is 0 Å². The van der Waals surface area contributed by atoms with E-state index in [-0.39, 0.29) is 28.3 Å². The predicted octanol–water partition coefficient (Wildman–Crippen LogP) is 0.177. The number of hydrogen-bond donors (Lipinski definition) is 0. The largest absolute Gasteiger partial charge is 0.469 e. The maximum absolute atomic E-state index is 9.59. The van der Waals surface area contributed by atoms with Crippen molar-refractivity contribution in [3.63, 3.8) is 0 Å². The molecule has 0 aromatic heterocycles. The predicted molar refractivity (Wildman–Crippen MR) is 17.7 cm³/mol. The molecule has 0 unspecified atom stereocenters. The molecule has 0 aliphatic heterocycles. The summed E-state index contributed by atoms with van der Waals surface area (Å²) >= 11 is 0.